The van der Waals surface area contributed by atoms with Gasteiger partial charge in [-0.2, -0.15) is 0 Å². The van der Waals surface area contributed by atoms with Crippen molar-refractivity contribution in [1.82, 2.24) is 9.80 Å². The van der Waals surface area contributed by atoms with E-state index in [9.17, 15) is 0 Å². The van der Waals surface area contributed by atoms with Gasteiger partial charge in [-0.1, -0.05) is 48.5 Å². The number of nitrogens with zero attached hydrogens (tertiary/aromatic N) is 2. The second-order valence-corrected chi connectivity index (χ2v) is 7.98. The van der Waals surface area contributed by atoms with Gasteiger partial charge in [0.2, 0.25) is 0 Å². The second-order valence-electron chi connectivity index (χ2n) is 6.84. The summed E-state index contributed by atoms with van der Waals surface area (Å²) in [5, 5.41) is 0. The Labute approximate surface area is 149 Å². The Hall–Kier alpha value is -1.29. The molecule has 0 saturated carbocycles. The number of benzene rings is 2. The van der Waals surface area contributed by atoms with Crippen LogP contribution in [0.1, 0.15) is 30.0 Å². The van der Waals surface area contributed by atoms with Gasteiger partial charge in [-0.15, -0.1) is 11.8 Å². The number of fused-ring (bicyclic) bond motifs is 1. The molecular formula is C21H26N2S. The molecule has 0 unspecified atom stereocenters. The molecule has 0 aliphatic carbocycles. The number of hydrogen-bond donors (Lipinski definition) is 0. The van der Waals surface area contributed by atoms with Crippen molar-refractivity contribution in [3.8, 4) is 0 Å². The van der Waals surface area contributed by atoms with Crippen LogP contribution in [0.3, 0.4) is 0 Å². The first-order valence-electron chi connectivity index (χ1n) is 9.12. The first kappa shape index (κ1) is 16.2. The molecule has 3 heteroatoms. The van der Waals surface area contributed by atoms with Crippen molar-refractivity contribution in [1.29, 1.82) is 0 Å². The van der Waals surface area contributed by atoms with E-state index in [0.29, 0.717) is 6.04 Å². The fourth-order valence-corrected chi connectivity index (χ4v) is 5.03. The highest BCUT2D eigenvalue weighted by atomic mass is 32.2. The summed E-state index contributed by atoms with van der Waals surface area (Å²) in [6, 6.07) is 20.6. The minimum absolute atomic E-state index is 0.620. The zero-order valence-corrected chi connectivity index (χ0v) is 15.0. The normalized spacial score (nSPS) is 22.8. The van der Waals surface area contributed by atoms with Gasteiger partial charge < -0.3 is 0 Å². The van der Waals surface area contributed by atoms with Crippen LogP contribution >= 0.6 is 11.8 Å². The van der Waals surface area contributed by atoms with Crippen LogP contribution in [-0.4, -0.2) is 41.7 Å². The van der Waals surface area contributed by atoms with Crippen molar-refractivity contribution in [2.24, 2.45) is 0 Å². The topological polar surface area (TPSA) is 6.48 Å². The van der Waals surface area contributed by atoms with Crippen molar-refractivity contribution < 1.29 is 0 Å². The lowest BCUT2D eigenvalue weighted by molar-refractivity contribution is 0.0869. The summed E-state index contributed by atoms with van der Waals surface area (Å²) in [4.78, 5) is 6.83. The quantitative estimate of drug-likeness (QED) is 0.817. The fraction of sp³-hybridized carbons (Fsp3) is 0.429. The maximum absolute atomic E-state index is 2.73. The van der Waals surface area contributed by atoms with Gasteiger partial charge in [-0.25, -0.2) is 0 Å². The average molecular weight is 339 g/mol. The molecule has 2 aromatic carbocycles. The molecule has 1 saturated heterocycles. The molecule has 2 heterocycles. The monoisotopic (exact) mass is 338 g/mol. The smallest absolute Gasteiger partial charge is 0.0360 e. The van der Waals surface area contributed by atoms with Crippen LogP contribution in [0.15, 0.2) is 59.5 Å². The molecule has 0 amide bonds. The van der Waals surface area contributed by atoms with Crippen LogP contribution in [0.25, 0.3) is 0 Å². The van der Waals surface area contributed by atoms with Gasteiger partial charge >= 0.3 is 0 Å². The molecular weight excluding hydrogens is 312 g/mol. The summed E-state index contributed by atoms with van der Waals surface area (Å²) in [6.45, 7) is 5.83. The standard InChI is InChI=1S/C21H26N2S/c1-2-7-18(8-3-1)17-22-12-14-23(15-13-22)20-10-6-16-24-21-11-5-4-9-19(20)21/h1-5,7-9,11,20H,6,10,12-17H2/t20-/m0/s1. The zero-order chi connectivity index (χ0) is 16.2. The second kappa shape index (κ2) is 7.73. The van der Waals surface area contributed by atoms with Crippen molar-refractivity contribution in [3.63, 3.8) is 0 Å². The molecule has 1 fully saturated rings. The van der Waals surface area contributed by atoms with Gasteiger partial charge in [0.05, 0.1) is 0 Å². The third kappa shape index (κ3) is 3.69. The SMILES string of the molecule is c1ccc(CN2CCN([C@H]3CCCSc4ccccc43)CC2)cc1. The number of thioether (sulfide) groups is 1. The molecule has 2 aliphatic rings. The van der Waals surface area contributed by atoms with Crippen LogP contribution in [0.4, 0.5) is 0 Å². The van der Waals surface area contributed by atoms with Crippen molar-refractivity contribution in [2.75, 3.05) is 31.9 Å². The van der Waals surface area contributed by atoms with Crippen LogP contribution in [-0.2, 0) is 6.54 Å². The van der Waals surface area contributed by atoms with Gasteiger partial charge in [0.1, 0.15) is 0 Å². The molecule has 0 aromatic heterocycles. The van der Waals surface area contributed by atoms with E-state index < -0.39 is 0 Å². The van der Waals surface area contributed by atoms with Crippen LogP contribution < -0.4 is 0 Å². The summed E-state index contributed by atoms with van der Waals surface area (Å²) in [5.74, 6) is 1.27. The summed E-state index contributed by atoms with van der Waals surface area (Å²) >= 11 is 2.04. The molecule has 0 radical (unpaired) electrons. The minimum Gasteiger partial charge on any atom is -0.297 e. The van der Waals surface area contributed by atoms with Crippen LogP contribution in [0.5, 0.6) is 0 Å². The first-order valence-corrected chi connectivity index (χ1v) is 10.1. The van der Waals surface area contributed by atoms with Gasteiger partial charge in [-0.3, -0.25) is 9.80 Å². The molecule has 2 aliphatic heterocycles. The molecule has 0 bridgehead atoms. The fourth-order valence-electron chi connectivity index (χ4n) is 3.96. The highest BCUT2D eigenvalue weighted by Crippen LogP contribution is 2.38. The predicted octanol–water partition coefficient (Wildman–Crippen LogP) is 4.43. The van der Waals surface area contributed by atoms with E-state index >= 15 is 0 Å². The Morgan fingerprint density at radius 1 is 0.875 bits per heavy atom. The highest BCUT2D eigenvalue weighted by Gasteiger charge is 2.27. The zero-order valence-electron chi connectivity index (χ0n) is 14.2. The minimum atomic E-state index is 0.620. The largest absolute Gasteiger partial charge is 0.297 e. The Bertz CT molecular complexity index is 650. The van der Waals surface area contributed by atoms with E-state index in [1.54, 1.807) is 5.56 Å². The summed E-state index contributed by atoms with van der Waals surface area (Å²) < 4.78 is 0. The summed E-state index contributed by atoms with van der Waals surface area (Å²) in [5.41, 5.74) is 3.00. The molecule has 1 atom stereocenters. The maximum atomic E-state index is 2.73. The lowest BCUT2D eigenvalue weighted by Gasteiger charge is -2.39. The van der Waals surface area contributed by atoms with E-state index in [-0.39, 0.29) is 0 Å². The van der Waals surface area contributed by atoms with Crippen molar-refractivity contribution in [2.45, 2.75) is 30.3 Å². The number of rotatable bonds is 3. The Kier molecular flexibility index (Phi) is 5.21. The summed E-state index contributed by atoms with van der Waals surface area (Å²) in [6.07, 6.45) is 2.64. The molecule has 0 spiro atoms. The molecule has 126 valence electrons. The Balaban J connectivity index is 1.41. The molecule has 2 aromatic rings. The predicted molar refractivity (Wildman–Crippen MR) is 102 cm³/mol. The average Bonchev–Trinajstić information content (AvgIpc) is 2.86. The van der Waals surface area contributed by atoms with E-state index in [1.807, 2.05) is 11.8 Å². The molecule has 4 rings (SSSR count). The molecule has 0 N–H and O–H groups in total. The van der Waals surface area contributed by atoms with E-state index in [1.165, 1.54) is 55.2 Å². The van der Waals surface area contributed by atoms with Gasteiger partial charge in [-0.05, 0) is 35.8 Å². The van der Waals surface area contributed by atoms with Crippen molar-refractivity contribution >= 4 is 11.8 Å². The number of hydrogen-bond acceptors (Lipinski definition) is 3. The Morgan fingerprint density at radius 2 is 1.62 bits per heavy atom. The summed E-state index contributed by atoms with van der Waals surface area (Å²) in [7, 11) is 0. The highest BCUT2D eigenvalue weighted by molar-refractivity contribution is 7.99. The van der Waals surface area contributed by atoms with Gasteiger partial charge in [0.15, 0.2) is 0 Å². The van der Waals surface area contributed by atoms with Crippen molar-refractivity contribution in [3.05, 3.63) is 65.7 Å². The van der Waals surface area contributed by atoms with Gasteiger partial charge in [0, 0.05) is 43.7 Å². The third-order valence-electron chi connectivity index (χ3n) is 5.25. The van der Waals surface area contributed by atoms with Crippen LogP contribution in [0, 0.1) is 0 Å². The Morgan fingerprint density at radius 3 is 2.46 bits per heavy atom. The first-order chi connectivity index (χ1) is 11.9. The lowest BCUT2D eigenvalue weighted by atomic mass is 9.99. The van der Waals surface area contributed by atoms with Crippen LogP contribution in [0.2, 0.25) is 0 Å². The van der Waals surface area contributed by atoms with Gasteiger partial charge in [0.25, 0.3) is 0 Å². The van der Waals surface area contributed by atoms with E-state index in [0.717, 1.165) is 6.54 Å². The van der Waals surface area contributed by atoms with E-state index in [4.69, 9.17) is 0 Å². The maximum Gasteiger partial charge on any atom is 0.0360 e. The number of piperazine rings is 1. The molecule has 2 nitrogen and oxygen atoms in total. The van der Waals surface area contributed by atoms with E-state index in [2.05, 4.69) is 64.4 Å². The molecule has 24 heavy (non-hydrogen) atoms. The third-order valence-corrected chi connectivity index (χ3v) is 6.43. The lowest BCUT2D eigenvalue weighted by Crippen LogP contribution is -2.47.